The van der Waals surface area contributed by atoms with Crippen LogP contribution >= 0.6 is 7.82 Å². The highest BCUT2D eigenvalue weighted by atomic mass is 31.2. The lowest BCUT2D eigenvalue weighted by molar-refractivity contribution is -0.330. The van der Waals surface area contributed by atoms with E-state index in [0.29, 0.717) is 32.3 Å². The number of phosphoric acid groups is 1. The van der Waals surface area contributed by atoms with E-state index in [9.17, 15) is 39.3 Å². The summed E-state index contributed by atoms with van der Waals surface area (Å²) in [4.78, 5) is 44.8. The van der Waals surface area contributed by atoms with Crippen LogP contribution in [0.15, 0.2) is 12.2 Å². The summed E-state index contributed by atoms with van der Waals surface area (Å²) in [5.41, 5.74) is 0. The molecule has 2 saturated heterocycles. The molecule has 520 valence electrons. The van der Waals surface area contributed by atoms with E-state index in [1.165, 1.54) is 141 Å². The summed E-state index contributed by atoms with van der Waals surface area (Å²) in [7, 11) is -5.25. The number of ether oxygens (including phenoxy) is 8. The van der Waals surface area contributed by atoms with Crippen LogP contribution in [0.25, 0.3) is 0 Å². The average Bonchev–Trinajstić information content (AvgIpc) is 3.19. The molecule has 19 heteroatoms. The van der Waals surface area contributed by atoms with Gasteiger partial charge in [0, 0.05) is 26.4 Å². The van der Waals surface area contributed by atoms with Gasteiger partial charge in [-0.3, -0.25) is 9.32 Å². The minimum atomic E-state index is -5.25. The molecule has 6 N–H and O–H groups in total. The van der Waals surface area contributed by atoms with Gasteiger partial charge in [-0.1, -0.05) is 258 Å². The Kier molecular flexibility index (Phi) is 52.1. The number of phosphoric ester groups is 1. The third kappa shape index (κ3) is 41.9. The summed E-state index contributed by atoms with van der Waals surface area (Å²) in [5.74, 6) is -1.27. The zero-order valence-corrected chi connectivity index (χ0v) is 56.8. The summed E-state index contributed by atoms with van der Waals surface area (Å²) in [6.45, 7) is 6.64. The predicted molar refractivity (Wildman–Crippen MR) is 349 cm³/mol. The summed E-state index contributed by atoms with van der Waals surface area (Å²) in [6, 6.07) is -1.28. The van der Waals surface area contributed by atoms with Crippen molar-refractivity contribution in [3.63, 3.8) is 0 Å². The van der Waals surface area contributed by atoms with Crippen LogP contribution in [0.5, 0.6) is 0 Å². The highest BCUT2D eigenvalue weighted by Gasteiger charge is 2.52. The highest BCUT2D eigenvalue weighted by Crippen LogP contribution is 2.42. The number of aliphatic hydroxyl groups excluding tert-OH is 2. The quantitative estimate of drug-likeness (QED) is 0.0143. The number of carbonyl (C=O) groups excluding carboxylic acids is 1. The smallest absolute Gasteiger partial charge is 0.470 e. The maximum Gasteiger partial charge on any atom is 0.470 e. The fourth-order valence-electron chi connectivity index (χ4n) is 11.9. The second-order valence-corrected chi connectivity index (χ2v) is 26.2. The van der Waals surface area contributed by atoms with Crippen LogP contribution in [0, 0.1) is 0 Å². The standard InChI is InChI=1S/C69H132NO17P/c1-5-9-13-17-21-25-28-30-34-37-41-45-50-79-58(48-44-40-36-32-24-20-16-12-8-4)49-53-82-65-62(70-57-72)68(85-59(54-71)64(65)87-88(76,77)78)83-55-60-63(75)66(80-51-46-42-38-33-27-23-19-15-11-7-3)67(69(86-60)84-56-61(73)74)81-52-47-43-39-35-31-29-26-22-18-14-10-6-2/h25,28,57-60,62-69,71,75H,5-24,26-27,29-56H2,1-4H3,(H,70,72)(H,73,74)(H2,76,77,78)/b28-25-/t58-,59-,60-,62-,63-,64-,65-,66+,67-,68-,69?/m1/s1/i52D/t52?,58-,59-,60-,62-,63-,64-,65-,66+,67-,68-,69?. The molecule has 0 aromatic rings. The predicted octanol–water partition coefficient (Wildman–Crippen LogP) is 15.5. The number of hydrogen-bond donors (Lipinski definition) is 6. The number of allylic oxidation sites excluding steroid dienone is 2. The number of nitrogens with one attached hydrogen (secondary N) is 1. The van der Waals surface area contributed by atoms with Crippen molar-refractivity contribution in [1.82, 2.24) is 5.32 Å². The van der Waals surface area contributed by atoms with E-state index < -0.39 is 102 Å². The van der Waals surface area contributed by atoms with Crippen LogP contribution in [-0.2, 0) is 56.6 Å². The first-order chi connectivity index (χ1) is 43.3. The van der Waals surface area contributed by atoms with Gasteiger partial charge in [-0.25, -0.2) is 9.36 Å². The van der Waals surface area contributed by atoms with Crippen molar-refractivity contribution >= 4 is 20.2 Å². The first-order valence-corrected chi connectivity index (χ1v) is 37.4. The van der Waals surface area contributed by atoms with E-state index in [0.717, 1.165) is 116 Å². The lowest BCUT2D eigenvalue weighted by Gasteiger charge is -2.47. The summed E-state index contributed by atoms with van der Waals surface area (Å²) in [6.07, 6.45) is 39.8. The van der Waals surface area contributed by atoms with E-state index >= 15 is 0 Å². The molecule has 88 heavy (non-hydrogen) atoms. The normalized spacial score (nSPS) is 23.4. The molecular formula is C69H132NO17P. The Morgan fingerprint density at radius 3 is 1.48 bits per heavy atom. The third-order valence-electron chi connectivity index (χ3n) is 17.1. The Labute approximate surface area is 536 Å². The van der Waals surface area contributed by atoms with Crippen LogP contribution in [-0.4, -0.2) is 151 Å². The third-order valence-corrected chi connectivity index (χ3v) is 17.7. The van der Waals surface area contributed by atoms with Gasteiger partial charge in [0.05, 0.1) is 20.7 Å². The van der Waals surface area contributed by atoms with Crippen LogP contribution in [0.3, 0.4) is 0 Å². The number of amides is 1. The molecule has 0 spiro atoms. The molecule has 0 bridgehead atoms. The average molecular weight is 1280 g/mol. The molecule has 0 aromatic carbocycles. The zero-order valence-electron chi connectivity index (χ0n) is 56.9. The fourth-order valence-corrected chi connectivity index (χ4v) is 12.4. The van der Waals surface area contributed by atoms with Crippen molar-refractivity contribution in [2.45, 2.75) is 371 Å². The molecule has 0 aliphatic carbocycles. The lowest BCUT2D eigenvalue weighted by Crippen LogP contribution is -2.66. The topological polar surface area (TPSA) is 247 Å². The zero-order chi connectivity index (χ0) is 64.8. The second-order valence-electron chi connectivity index (χ2n) is 25.0. The Bertz CT molecular complexity index is 1700. The van der Waals surface area contributed by atoms with Gasteiger partial charge in [-0.05, 0) is 57.8 Å². The number of aliphatic carboxylic acids is 1. The first-order valence-electron chi connectivity index (χ1n) is 36.5. The second kappa shape index (κ2) is 56.9. The molecule has 2 unspecified atom stereocenters. The van der Waals surface area contributed by atoms with Gasteiger partial charge in [-0.15, -0.1) is 0 Å². The van der Waals surface area contributed by atoms with Crippen LogP contribution < -0.4 is 5.32 Å². The number of hydrogen-bond acceptors (Lipinski definition) is 14. The lowest BCUT2D eigenvalue weighted by atomic mass is 9.96. The molecule has 0 radical (unpaired) electrons. The van der Waals surface area contributed by atoms with Crippen molar-refractivity contribution < 1.29 is 83.0 Å². The number of aliphatic hydroxyl groups is 2. The maximum absolute atomic E-state index is 12.6. The van der Waals surface area contributed by atoms with E-state index in [4.69, 9.17) is 43.8 Å². The number of carbonyl (C=O) groups is 2. The largest absolute Gasteiger partial charge is 0.480 e. The molecule has 12 atom stereocenters. The van der Waals surface area contributed by atoms with Crippen LogP contribution in [0.1, 0.15) is 305 Å². The molecule has 2 fully saturated rings. The molecule has 0 aromatic heterocycles. The van der Waals surface area contributed by atoms with Gasteiger partial charge in [-0.2, -0.15) is 0 Å². The molecule has 1 amide bonds. The van der Waals surface area contributed by atoms with E-state index in [-0.39, 0.29) is 19.3 Å². The molecule has 2 aliphatic rings. The maximum atomic E-state index is 12.6. The van der Waals surface area contributed by atoms with Gasteiger partial charge in [0.1, 0.15) is 55.4 Å². The summed E-state index contributed by atoms with van der Waals surface area (Å²) < 4.78 is 77.2. The van der Waals surface area contributed by atoms with Crippen molar-refractivity contribution in [3.8, 4) is 0 Å². The molecule has 2 rings (SSSR count). The van der Waals surface area contributed by atoms with Gasteiger partial charge in [0.2, 0.25) is 6.41 Å². The highest BCUT2D eigenvalue weighted by molar-refractivity contribution is 7.46. The summed E-state index contributed by atoms with van der Waals surface area (Å²) >= 11 is 0. The van der Waals surface area contributed by atoms with Crippen LogP contribution in [0.2, 0.25) is 0 Å². The Hall–Kier alpha value is -1.61. The van der Waals surface area contributed by atoms with Gasteiger partial charge < -0.3 is 68.3 Å². The summed E-state index contributed by atoms with van der Waals surface area (Å²) in [5, 5.41) is 35.4. The minimum Gasteiger partial charge on any atom is -0.480 e. The van der Waals surface area contributed by atoms with Crippen LogP contribution in [0.4, 0.5) is 0 Å². The SMILES string of the molecule is [2H]C(CCCCCCCCCCCCC)O[C@H]1C(OCC(=O)O)O[C@H](CO[C@@H]2O[C@H](CO)[C@@H](OP(=O)(O)O)[C@H](OCC[C@@H](CCCCCCCCCCC)OCCCCCC/C=C\CCCCCC)[C@H]2NC=O)[C@@H](O)[C@@H]1OCCCCCCCCCCCC. The van der Waals surface area contributed by atoms with Gasteiger partial charge in [0.15, 0.2) is 12.6 Å². The van der Waals surface area contributed by atoms with Crippen molar-refractivity contribution in [2.24, 2.45) is 0 Å². The van der Waals surface area contributed by atoms with Crippen molar-refractivity contribution in [1.29, 1.82) is 0 Å². The number of unbranched alkanes of at least 4 members (excludes halogenated alkanes) is 35. The van der Waals surface area contributed by atoms with Crippen molar-refractivity contribution in [2.75, 3.05) is 46.2 Å². The Morgan fingerprint density at radius 2 is 0.977 bits per heavy atom. The van der Waals surface area contributed by atoms with E-state index in [1.807, 2.05) is 0 Å². The number of carboxylic acid groups (broad SMARTS) is 1. The van der Waals surface area contributed by atoms with E-state index in [2.05, 4.69) is 45.2 Å². The molecule has 2 aliphatic heterocycles. The minimum absolute atomic E-state index is 0.0310. The number of rotatable bonds is 64. The molecule has 2 heterocycles. The molecular weight excluding hydrogens is 1150 g/mol. The van der Waals surface area contributed by atoms with Gasteiger partial charge in [0.25, 0.3) is 0 Å². The first kappa shape index (κ1) is 80.6. The van der Waals surface area contributed by atoms with E-state index in [1.54, 1.807) is 0 Å². The molecule has 0 saturated carbocycles. The monoisotopic (exact) mass is 1280 g/mol. The van der Waals surface area contributed by atoms with Gasteiger partial charge >= 0.3 is 13.8 Å². The Morgan fingerprint density at radius 1 is 0.523 bits per heavy atom. The Balaban J connectivity index is 2.29. The fraction of sp³-hybridized carbons (Fsp3) is 0.942. The number of carboxylic acids is 1. The molecule has 18 nitrogen and oxygen atoms in total. The van der Waals surface area contributed by atoms with Crippen molar-refractivity contribution in [3.05, 3.63) is 12.2 Å².